The van der Waals surface area contributed by atoms with E-state index in [2.05, 4.69) is 33.8 Å². The van der Waals surface area contributed by atoms with E-state index in [1.165, 1.54) is 5.57 Å². The zero-order chi connectivity index (χ0) is 32.6. The molecule has 0 bridgehead atoms. The van der Waals surface area contributed by atoms with Crippen molar-refractivity contribution >= 4 is 0 Å². The summed E-state index contributed by atoms with van der Waals surface area (Å²) in [5.74, 6) is 0.137. The third-order valence-electron chi connectivity index (χ3n) is 13.7. The van der Waals surface area contributed by atoms with Crippen molar-refractivity contribution in [3.05, 3.63) is 11.6 Å². The molecule has 0 amide bonds. The molecule has 0 spiro atoms. The second-order valence-corrected chi connectivity index (χ2v) is 16.8. The van der Waals surface area contributed by atoms with E-state index < -0.39 is 66.6 Å². The van der Waals surface area contributed by atoms with Gasteiger partial charge in [0.05, 0.1) is 30.5 Å². The quantitative estimate of drug-likeness (QED) is 0.211. The highest BCUT2D eigenvalue weighted by atomic mass is 16.7. The maximum Gasteiger partial charge on any atom is 0.187 e. The fourth-order valence-corrected chi connectivity index (χ4v) is 11.6. The molecular weight excluding hydrogens is 564 g/mol. The van der Waals surface area contributed by atoms with Crippen LogP contribution in [-0.2, 0) is 9.47 Å². The Bertz CT molecular complexity index is 1060. The van der Waals surface area contributed by atoms with Gasteiger partial charge in [-0.15, -0.1) is 0 Å². The first kappa shape index (κ1) is 34.7. The Hall–Kier alpha value is -0.620. The topological polar surface area (TPSA) is 160 Å². The minimum Gasteiger partial charge on any atom is -0.394 e. The van der Waals surface area contributed by atoms with Crippen LogP contribution in [0, 0.1) is 45.8 Å². The molecule has 9 heteroatoms. The van der Waals surface area contributed by atoms with Crippen molar-refractivity contribution < 1.29 is 45.2 Å². The number of aliphatic hydroxyl groups excluding tert-OH is 7. The van der Waals surface area contributed by atoms with Crippen LogP contribution in [0.3, 0.4) is 0 Å². The first-order chi connectivity index (χ1) is 20.4. The third kappa shape index (κ3) is 5.44. The van der Waals surface area contributed by atoms with Crippen LogP contribution in [0.4, 0.5) is 0 Å². The molecular formula is C35H60O9. The Labute approximate surface area is 263 Å². The molecule has 1 unspecified atom stereocenters. The van der Waals surface area contributed by atoms with Gasteiger partial charge in [-0.1, -0.05) is 39.3 Å². The number of rotatable bonds is 7. The van der Waals surface area contributed by atoms with Gasteiger partial charge in [0.2, 0.25) is 0 Å². The van der Waals surface area contributed by atoms with Gasteiger partial charge in [0.15, 0.2) is 6.29 Å². The zero-order valence-corrected chi connectivity index (χ0v) is 27.9. The van der Waals surface area contributed by atoms with Gasteiger partial charge >= 0.3 is 0 Å². The number of fused-ring (bicyclic) bond motifs is 5. The summed E-state index contributed by atoms with van der Waals surface area (Å²) in [4.78, 5) is 0. The average Bonchev–Trinajstić information content (AvgIpc) is 3.41. The largest absolute Gasteiger partial charge is 0.394 e. The Morgan fingerprint density at radius 3 is 2.23 bits per heavy atom. The molecule has 5 rings (SSSR count). The fraction of sp³-hybridized carbons (Fsp3) is 0.943. The van der Waals surface area contributed by atoms with E-state index >= 15 is 0 Å². The molecule has 16 atom stereocenters. The van der Waals surface area contributed by atoms with Crippen molar-refractivity contribution in [3.8, 4) is 0 Å². The molecule has 0 aromatic heterocycles. The van der Waals surface area contributed by atoms with E-state index in [1.807, 2.05) is 20.8 Å². The second kappa shape index (κ2) is 12.1. The number of hydrogen-bond acceptors (Lipinski definition) is 9. The molecule has 0 radical (unpaired) electrons. The standard InChI is InChI=1S/C35H60O9/c1-18(2)9-8-13-35(7,44-31-29(42)28(41)27(40)23(17-36)43-31)20-11-10-19-26(20)21(37)15-24-33(5)14-12-25(39)32(3,4)30(33)22(38)16-34(19,24)6/h9,19-31,36-42H,8,10-17H2,1-7H3/t19?,20-,21+,22-,23+,24+,25-,26-,27+,28-,29+,30-,31-,33+,34-,35-/m0/s1. The van der Waals surface area contributed by atoms with E-state index in [9.17, 15) is 35.7 Å². The molecule has 7 N–H and O–H groups in total. The van der Waals surface area contributed by atoms with Crippen molar-refractivity contribution in [2.75, 3.05) is 6.61 Å². The Kier molecular flexibility index (Phi) is 9.56. The maximum absolute atomic E-state index is 12.1. The Morgan fingerprint density at radius 2 is 1.59 bits per heavy atom. The fourth-order valence-electron chi connectivity index (χ4n) is 11.6. The van der Waals surface area contributed by atoms with E-state index in [-0.39, 0.29) is 40.4 Å². The van der Waals surface area contributed by atoms with Crippen LogP contribution in [0.25, 0.3) is 0 Å². The molecule has 5 aliphatic rings. The monoisotopic (exact) mass is 624 g/mol. The summed E-state index contributed by atoms with van der Waals surface area (Å²) in [6.45, 7) is 14.4. The van der Waals surface area contributed by atoms with Gasteiger partial charge in [-0.3, -0.25) is 0 Å². The van der Waals surface area contributed by atoms with E-state index in [0.29, 0.717) is 25.7 Å². The molecule has 4 aliphatic carbocycles. The number of ether oxygens (including phenoxy) is 2. The van der Waals surface area contributed by atoms with Crippen LogP contribution >= 0.6 is 0 Å². The summed E-state index contributed by atoms with van der Waals surface area (Å²) >= 11 is 0. The van der Waals surface area contributed by atoms with Gasteiger partial charge in [0, 0.05) is 0 Å². The predicted molar refractivity (Wildman–Crippen MR) is 165 cm³/mol. The first-order valence-corrected chi connectivity index (χ1v) is 17.1. The normalized spacial score (nSPS) is 51.5. The molecule has 44 heavy (non-hydrogen) atoms. The summed E-state index contributed by atoms with van der Waals surface area (Å²) in [7, 11) is 0. The van der Waals surface area contributed by atoms with Crippen molar-refractivity contribution in [2.45, 2.75) is 154 Å². The lowest BCUT2D eigenvalue weighted by molar-refractivity contribution is -0.335. The van der Waals surface area contributed by atoms with Gasteiger partial charge in [-0.2, -0.15) is 0 Å². The second-order valence-electron chi connectivity index (χ2n) is 16.8. The molecule has 0 aromatic carbocycles. The van der Waals surface area contributed by atoms with Gasteiger partial charge in [-0.05, 0) is 118 Å². The maximum atomic E-state index is 12.1. The van der Waals surface area contributed by atoms with Crippen molar-refractivity contribution in [2.24, 2.45) is 45.8 Å². The molecule has 254 valence electrons. The first-order valence-electron chi connectivity index (χ1n) is 17.1. The summed E-state index contributed by atoms with van der Waals surface area (Å²) < 4.78 is 12.5. The summed E-state index contributed by atoms with van der Waals surface area (Å²) in [5.41, 5.74) is -0.502. The summed E-state index contributed by atoms with van der Waals surface area (Å²) in [6.07, 6.45) is -0.447. The molecule has 1 saturated heterocycles. The number of hydrogen-bond donors (Lipinski definition) is 7. The molecule has 5 fully saturated rings. The summed E-state index contributed by atoms with van der Waals surface area (Å²) in [6, 6.07) is 0. The van der Waals surface area contributed by atoms with Crippen LogP contribution < -0.4 is 0 Å². The van der Waals surface area contributed by atoms with Crippen molar-refractivity contribution in [3.63, 3.8) is 0 Å². The average molecular weight is 625 g/mol. The zero-order valence-electron chi connectivity index (χ0n) is 27.9. The van der Waals surface area contributed by atoms with E-state index in [1.54, 1.807) is 0 Å². The number of aliphatic hydroxyl groups is 7. The molecule has 0 aromatic rings. The lowest BCUT2D eigenvalue weighted by Crippen LogP contribution is -2.67. The molecule has 1 heterocycles. The van der Waals surface area contributed by atoms with Crippen LogP contribution in [-0.4, -0.2) is 97.0 Å². The van der Waals surface area contributed by atoms with Gasteiger partial charge in [0.25, 0.3) is 0 Å². The Balaban J connectivity index is 1.47. The minimum atomic E-state index is -1.53. The highest BCUT2D eigenvalue weighted by molar-refractivity contribution is 5.18. The number of allylic oxidation sites excluding steroid dienone is 2. The predicted octanol–water partition coefficient (Wildman–Crippen LogP) is 2.91. The highest BCUT2D eigenvalue weighted by Gasteiger charge is 2.69. The highest BCUT2D eigenvalue weighted by Crippen LogP contribution is 2.72. The van der Waals surface area contributed by atoms with Crippen molar-refractivity contribution in [1.29, 1.82) is 0 Å². The van der Waals surface area contributed by atoms with Gasteiger partial charge < -0.3 is 45.2 Å². The third-order valence-corrected chi connectivity index (χ3v) is 13.7. The lowest BCUT2D eigenvalue weighted by atomic mass is 9.37. The summed E-state index contributed by atoms with van der Waals surface area (Å²) in [5, 5.41) is 76.4. The van der Waals surface area contributed by atoms with E-state index in [4.69, 9.17) is 9.47 Å². The molecule has 4 saturated carbocycles. The van der Waals surface area contributed by atoms with Crippen LogP contribution in [0.2, 0.25) is 0 Å². The smallest absolute Gasteiger partial charge is 0.187 e. The van der Waals surface area contributed by atoms with Crippen molar-refractivity contribution in [1.82, 2.24) is 0 Å². The lowest BCUT2D eigenvalue weighted by Gasteiger charge is -2.69. The van der Waals surface area contributed by atoms with E-state index in [0.717, 1.165) is 25.7 Å². The SMILES string of the molecule is CC(C)=CCC[C@](C)(O[C@@H]1O[C@H](CO)[C@@H](O)[C@H](O)[C@H]1O)[C@H]1CCC2[C@@H]1[C@H](O)C[C@@H]1[C@@]3(C)CC[C@H](O)C(C)(C)[C@@H]3[C@@H](O)C[C@@]21C. The molecule has 9 nitrogen and oxygen atoms in total. The van der Waals surface area contributed by atoms with Gasteiger partial charge in [-0.25, -0.2) is 0 Å². The minimum absolute atomic E-state index is 0.0540. The van der Waals surface area contributed by atoms with Crippen LogP contribution in [0.5, 0.6) is 0 Å². The van der Waals surface area contributed by atoms with Gasteiger partial charge in [0.1, 0.15) is 24.4 Å². The van der Waals surface area contributed by atoms with Crippen LogP contribution in [0.15, 0.2) is 11.6 Å². The van der Waals surface area contributed by atoms with Crippen LogP contribution in [0.1, 0.15) is 99.8 Å². The Morgan fingerprint density at radius 1 is 0.909 bits per heavy atom. The molecule has 1 aliphatic heterocycles.